The van der Waals surface area contributed by atoms with Gasteiger partial charge in [0, 0.05) is 31.3 Å². The molecule has 0 radical (unpaired) electrons. The molecule has 1 aliphatic rings. The lowest BCUT2D eigenvalue weighted by Gasteiger charge is -2.39. The van der Waals surface area contributed by atoms with Gasteiger partial charge in [-0.3, -0.25) is 0 Å². The molecule has 0 aliphatic carbocycles. The van der Waals surface area contributed by atoms with Gasteiger partial charge in [0.05, 0.1) is 29.8 Å². The zero-order chi connectivity index (χ0) is 17.3. The van der Waals surface area contributed by atoms with Crippen LogP contribution in [-0.4, -0.2) is 30.3 Å². The minimum atomic E-state index is -4.29. The molecule has 0 saturated carbocycles. The number of nitrogens with two attached hydrogens (primary N) is 1. The molecule has 0 aromatic carbocycles. The van der Waals surface area contributed by atoms with Gasteiger partial charge in [-0.25, -0.2) is 4.98 Å². The number of aromatic nitrogens is 1. The fourth-order valence-corrected chi connectivity index (χ4v) is 2.98. The molecule has 130 valence electrons. The van der Waals surface area contributed by atoms with E-state index in [2.05, 4.69) is 10.3 Å². The molecule has 0 bridgehead atoms. The molecule has 0 spiro atoms. The monoisotopic (exact) mass is 360 g/mol. The maximum absolute atomic E-state index is 13.1. The predicted octanol–water partition coefficient (Wildman–Crippen LogP) is 3.79. The molecule has 9 heteroatoms. The van der Waals surface area contributed by atoms with Gasteiger partial charge >= 0.3 is 6.18 Å². The topological polar surface area (TPSA) is 67.3 Å². The van der Waals surface area contributed by atoms with Crippen molar-refractivity contribution >= 4 is 28.9 Å². The van der Waals surface area contributed by atoms with Crippen molar-refractivity contribution in [1.82, 2.24) is 4.98 Å². The van der Waals surface area contributed by atoms with Crippen molar-refractivity contribution in [3.05, 3.63) is 35.8 Å². The van der Waals surface area contributed by atoms with Crippen LogP contribution in [-0.2, 0) is 0 Å². The second-order valence-corrected chi connectivity index (χ2v) is 6.15. The SMILES string of the molecule is NC1CC(C(F)(F)F)CN(c2cc(Cl)ncc2Nc2ccco2)C1. The molecule has 1 saturated heterocycles. The fraction of sp³-hybridized carbons (Fsp3) is 0.400. The van der Waals surface area contributed by atoms with E-state index in [9.17, 15) is 13.2 Å². The Morgan fingerprint density at radius 2 is 2.17 bits per heavy atom. The van der Waals surface area contributed by atoms with E-state index >= 15 is 0 Å². The van der Waals surface area contributed by atoms with Crippen LogP contribution in [0.4, 0.5) is 30.4 Å². The highest BCUT2D eigenvalue weighted by Crippen LogP contribution is 2.37. The summed E-state index contributed by atoms with van der Waals surface area (Å²) >= 11 is 5.94. The largest absolute Gasteiger partial charge is 0.449 e. The highest BCUT2D eigenvalue weighted by atomic mass is 35.5. The van der Waals surface area contributed by atoms with E-state index in [0.717, 1.165) is 0 Å². The number of anilines is 3. The summed E-state index contributed by atoms with van der Waals surface area (Å²) in [5, 5.41) is 3.19. The molecular formula is C15H16ClF3N4O. The smallest absolute Gasteiger partial charge is 0.393 e. The summed E-state index contributed by atoms with van der Waals surface area (Å²) in [6.45, 7) is 0.129. The molecule has 3 rings (SSSR count). The number of hydrogen-bond acceptors (Lipinski definition) is 5. The standard InChI is InChI=1S/C15H16ClF3N4O/c16-13-5-12(11(6-21-13)22-14-2-1-3-24-14)23-7-9(15(17,18)19)4-10(20)8-23/h1-3,5-6,9-10,22H,4,7-8,20H2. The van der Waals surface area contributed by atoms with Crippen LogP contribution in [0.25, 0.3) is 0 Å². The maximum Gasteiger partial charge on any atom is 0.393 e. The van der Waals surface area contributed by atoms with Crippen molar-refractivity contribution < 1.29 is 17.6 Å². The molecule has 2 aromatic rings. The summed E-state index contributed by atoms with van der Waals surface area (Å²) in [7, 11) is 0. The molecule has 2 atom stereocenters. The Kier molecular flexibility index (Phi) is 4.60. The molecule has 1 aliphatic heterocycles. The molecule has 0 amide bonds. The third-order valence-electron chi connectivity index (χ3n) is 3.91. The normalized spacial score (nSPS) is 21.8. The number of nitrogens with zero attached hydrogens (tertiary/aromatic N) is 2. The second-order valence-electron chi connectivity index (χ2n) is 5.77. The van der Waals surface area contributed by atoms with Gasteiger partial charge in [0.25, 0.3) is 0 Å². The number of piperidine rings is 1. The lowest BCUT2D eigenvalue weighted by Crippen LogP contribution is -2.51. The van der Waals surface area contributed by atoms with Crippen LogP contribution in [0.1, 0.15) is 6.42 Å². The van der Waals surface area contributed by atoms with Crippen LogP contribution < -0.4 is 16.0 Å². The zero-order valence-electron chi connectivity index (χ0n) is 12.6. The molecule has 3 heterocycles. The van der Waals surface area contributed by atoms with E-state index in [1.165, 1.54) is 18.5 Å². The van der Waals surface area contributed by atoms with Crippen LogP contribution in [0.2, 0.25) is 5.15 Å². The first-order chi connectivity index (χ1) is 11.3. The number of furan rings is 1. The Bertz CT molecular complexity index is 693. The zero-order valence-corrected chi connectivity index (χ0v) is 13.3. The number of hydrogen-bond donors (Lipinski definition) is 2. The van der Waals surface area contributed by atoms with E-state index < -0.39 is 18.1 Å². The van der Waals surface area contributed by atoms with Crippen LogP contribution in [0.5, 0.6) is 0 Å². The van der Waals surface area contributed by atoms with Crippen LogP contribution >= 0.6 is 11.6 Å². The fourth-order valence-electron chi connectivity index (χ4n) is 2.83. The lowest BCUT2D eigenvalue weighted by molar-refractivity contribution is -0.177. The number of nitrogens with one attached hydrogen (secondary N) is 1. The van der Waals surface area contributed by atoms with Gasteiger partial charge in [-0.1, -0.05) is 11.6 Å². The molecule has 3 N–H and O–H groups in total. The predicted molar refractivity (Wildman–Crippen MR) is 85.6 cm³/mol. The summed E-state index contributed by atoms with van der Waals surface area (Å²) in [4.78, 5) is 5.57. The number of rotatable bonds is 3. The van der Waals surface area contributed by atoms with Gasteiger partial charge in [0.2, 0.25) is 0 Å². The average molecular weight is 361 g/mol. The Hall–Kier alpha value is -1.93. The van der Waals surface area contributed by atoms with Crippen LogP contribution in [0.3, 0.4) is 0 Å². The summed E-state index contributed by atoms with van der Waals surface area (Å²) in [5.41, 5.74) is 6.86. The highest BCUT2D eigenvalue weighted by Gasteiger charge is 2.44. The highest BCUT2D eigenvalue weighted by molar-refractivity contribution is 6.29. The van der Waals surface area contributed by atoms with Gasteiger partial charge in [-0.05, 0) is 12.5 Å². The van der Waals surface area contributed by atoms with Gasteiger partial charge in [0.15, 0.2) is 5.88 Å². The van der Waals surface area contributed by atoms with Crippen molar-refractivity contribution in [3.8, 4) is 0 Å². The van der Waals surface area contributed by atoms with Crippen molar-refractivity contribution in [1.29, 1.82) is 0 Å². The van der Waals surface area contributed by atoms with Gasteiger partial charge < -0.3 is 20.4 Å². The van der Waals surface area contributed by atoms with Crippen molar-refractivity contribution in [2.24, 2.45) is 11.7 Å². The minimum Gasteiger partial charge on any atom is -0.449 e. The number of alkyl halides is 3. The van der Waals surface area contributed by atoms with Crippen molar-refractivity contribution in [2.45, 2.75) is 18.6 Å². The summed E-state index contributed by atoms with van der Waals surface area (Å²) in [6.07, 6.45) is -1.42. The third-order valence-corrected chi connectivity index (χ3v) is 4.12. The van der Waals surface area contributed by atoms with Crippen LogP contribution in [0, 0.1) is 5.92 Å². The minimum absolute atomic E-state index is 0.0836. The Balaban J connectivity index is 1.90. The molecule has 1 fully saturated rings. The average Bonchev–Trinajstić information content (AvgIpc) is 3.00. The first-order valence-electron chi connectivity index (χ1n) is 7.36. The third kappa shape index (κ3) is 3.76. The van der Waals surface area contributed by atoms with Crippen molar-refractivity contribution in [3.63, 3.8) is 0 Å². The summed E-state index contributed by atoms with van der Waals surface area (Å²) in [5.74, 6) is -1.03. The Morgan fingerprint density at radius 3 is 2.83 bits per heavy atom. The molecule has 2 aromatic heterocycles. The van der Waals surface area contributed by atoms with E-state index in [1.807, 2.05) is 0 Å². The molecule has 24 heavy (non-hydrogen) atoms. The first-order valence-corrected chi connectivity index (χ1v) is 7.74. The first kappa shape index (κ1) is 16.9. The molecule has 5 nitrogen and oxygen atoms in total. The number of pyridine rings is 1. The molecule has 2 unspecified atom stereocenters. The van der Waals surface area contributed by atoms with Crippen molar-refractivity contribution in [2.75, 3.05) is 23.3 Å². The Morgan fingerprint density at radius 1 is 1.38 bits per heavy atom. The van der Waals surface area contributed by atoms with E-state index in [4.69, 9.17) is 21.8 Å². The molecular weight excluding hydrogens is 345 g/mol. The van der Waals surface area contributed by atoms with E-state index in [0.29, 0.717) is 23.8 Å². The quantitative estimate of drug-likeness (QED) is 0.815. The Labute approximate surface area is 141 Å². The maximum atomic E-state index is 13.1. The summed E-state index contributed by atoms with van der Waals surface area (Å²) < 4.78 is 44.6. The summed E-state index contributed by atoms with van der Waals surface area (Å²) in [6, 6.07) is 4.34. The van der Waals surface area contributed by atoms with Crippen LogP contribution in [0.15, 0.2) is 35.1 Å². The van der Waals surface area contributed by atoms with E-state index in [-0.39, 0.29) is 18.1 Å². The van der Waals surface area contributed by atoms with Gasteiger partial charge in [-0.15, -0.1) is 0 Å². The second kappa shape index (κ2) is 6.52. The van der Waals surface area contributed by atoms with E-state index in [1.54, 1.807) is 17.0 Å². The lowest BCUT2D eigenvalue weighted by atomic mass is 9.93. The number of halogens is 4. The van der Waals surface area contributed by atoms with Gasteiger partial charge in [0.1, 0.15) is 5.15 Å². The van der Waals surface area contributed by atoms with Gasteiger partial charge in [-0.2, -0.15) is 13.2 Å².